The van der Waals surface area contributed by atoms with E-state index in [0.717, 1.165) is 6.42 Å². The summed E-state index contributed by atoms with van der Waals surface area (Å²) in [5.41, 5.74) is 14.1. The van der Waals surface area contributed by atoms with Gasteiger partial charge >= 0.3 is 151 Å². The molecule has 0 fully saturated rings. The van der Waals surface area contributed by atoms with E-state index < -0.39 is 0 Å². The van der Waals surface area contributed by atoms with E-state index in [2.05, 4.69) is 165 Å². The van der Waals surface area contributed by atoms with Gasteiger partial charge in [0, 0.05) is 0 Å². The van der Waals surface area contributed by atoms with Crippen molar-refractivity contribution in [3.8, 4) is 11.1 Å². The molecule has 0 spiro atoms. The number of allylic oxidation sites excluding steroid dienone is 4. The number of fused-ring (bicyclic) bond motifs is 3. The van der Waals surface area contributed by atoms with E-state index in [1.807, 2.05) is 6.07 Å². The summed E-state index contributed by atoms with van der Waals surface area (Å²) in [6.45, 7) is 19.9. The van der Waals surface area contributed by atoms with Crippen molar-refractivity contribution in [3.63, 3.8) is 0 Å². The van der Waals surface area contributed by atoms with Crippen LogP contribution < -0.4 is 24.8 Å². The van der Waals surface area contributed by atoms with Crippen molar-refractivity contribution in [1.29, 1.82) is 0 Å². The Labute approximate surface area is 300 Å². The number of hydrogen-bond donors (Lipinski definition) is 0. The summed E-state index contributed by atoms with van der Waals surface area (Å²) in [5, 5.41) is 0. The zero-order valence-electron chi connectivity index (χ0n) is 28.3. The summed E-state index contributed by atoms with van der Waals surface area (Å²) in [7, 11) is 0. The minimum atomic E-state index is 0. The van der Waals surface area contributed by atoms with Crippen LogP contribution in [-0.2, 0) is 41.5 Å². The first-order valence-electron chi connectivity index (χ1n) is 15.4. The molecule has 0 amide bonds. The summed E-state index contributed by atoms with van der Waals surface area (Å²) < 4.78 is 1.42. The summed E-state index contributed by atoms with van der Waals surface area (Å²) in [6.07, 6.45) is 6.57. The number of halogens is 2. The van der Waals surface area contributed by atoms with Gasteiger partial charge in [-0.2, -0.15) is 35.9 Å². The van der Waals surface area contributed by atoms with Gasteiger partial charge in [0.1, 0.15) is 0 Å². The van der Waals surface area contributed by atoms with E-state index in [0.29, 0.717) is 5.92 Å². The molecule has 234 valence electrons. The number of rotatable bonds is 2. The van der Waals surface area contributed by atoms with Crippen LogP contribution in [0, 0.1) is 18.1 Å². The first kappa shape index (κ1) is 38.9. The number of benzene rings is 4. The summed E-state index contributed by atoms with van der Waals surface area (Å²) in [5.74, 6) is 0.551. The molecule has 0 bridgehead atoms. The van der Waals surface area contributed by atoms with Gasteiger partial charge in [-0.15, -0.1) is 12.5 Å². The Bertz CT molecular complexity index is 1510. The van der Waals surface area contributed by atoms with Gasteiger partial charge in [-0.3, -0.25) is 6.08 Å². The molecule has 1 atom stereocenters. The first-order chi connectivity index (χ1) is 20.2. The molecule has 0 aromatic heterocycles. The Balaban J connectivity index is 0.000000258. The van der Waals surface area contributed by atoms with E-state index >= 15 is 0 Å². The molecule has 1 unspecified atom stereocenters. The maximum atomic E-state index is 3.30. The van der Waals surface area contributed by atoms with E-state index in [4.69, 9.17) is 0 Å². The van der Waals surface area contributed by atoms with Gasteiger partial charge in [0.25, 0.3) is 0 Å². The van der Waals surface area contributed by atoms with Gasteiger partial charge in [0.2, 0.25) is 0 Å². The SMILES string of the molecule is CC(C)(C)c1ccc([C](=[Zr+2])c2ccc(C(C)(C)C)cc2)cc1.CC1=[C-]C(C)C=C1C.[Cl-].[Cl-].[c-]1cccc2c1Cc1ccccc1-2. The molecule has 0 N–H and O–H groups in total. The number of hydrogen-bond acceptors (Lipinski definition) is 0. The van der Waals surface area contributed by atoms with E-state index in [1.165, 1.54) is 83.1 Å². The van der Waals surface area contributed by atoms with E-state index in [-0.39, 0.29) is 35.6 Å². The third-order valence-corrected chi connectivity index (χ3v) is 9.65. The average molecular weight is 713 g/mol. The largest absolute Gasteiger partial charge is 1.00 e. The molecule has 0 aliphatic heterocycles. The normalized spacial score (nSPS) is 14.5. The second-order valence-corrected chi connectivity index (χ2v) is 15.1. The molecule has 45 heavy (non-hydrogen) atoms. The van der Waals surface area contributed by atoms with Crippen LogP contribution in [0.25, 0.3) is 11.1 Å². The van der Waals surface area contributed by atoms with Crippen LogP contribution in [0.5, 0.6) is 0 Å². The molecule has 0 heterocycles. The molecule has 6 rings (SSSR count). The van der Waals surface area contributed by atoms with E-state index in [9.17, 15) is 0 Å². The molecule has 3 heteroatoms. The van der Waals surface area contributed by atoms with Crippen LogP contribution in [0.3, 0.4) is 0 Å². The van der Waals surface area contributed by atoms with Crippen molar-refractivity contribution in [1.82, 2.24) is 0 Å². The molecule has 0 nitrogen and oxygen atoms in total. The van der Waals surface area contributed by atoms with Crippen LogP contribution in [-0.4, -0.2) is 3.21 Å². The topological polar surface area (TPSA) is 0 Å². The Morgan fingerprint density at radius 1 is 0.689 bits per heavy atom. The molecule has 4 aromatic carbocycles. The smallest absolute Gasteiger partial charge is 0.0253 e. The van der Waals surface area contributed by atoms with Crippen molar-refractivity contribution < 1.29 is 49.0 Å². The van der Waals surface area contributed by atoms with Crippen molar-refractivity contribution >= 4 is 3.21 Å². The molecular weight excluding hydrogens is 667 g/mol. The minimum absolute atomic E-state index is 0. The molecule has 4 aromatic rings. The van der Waals surface area contributed by atoms with Gasteiger partial charge in [-0.25, -0.2) is 11.1 Å². The van der Waals surface area contributed by atoms with E-state index in [1.54, 1.807) is 0 Å². The van der Waals surface area contributed by atoms with Gasteiger partial charge in [0.05, 0.1) is 0 Å². The standard InChI is InChI=1S/C21H26.C13H9.C8H11.2ClH.Zr/c1-20(2,3)18-11-7-16(8-12-18)15-17-9-13-19(14-10-17)21(4,5)6;1-3-7-12-10(5-1)9-11-6-2-4-8-13(11)12;1-6-4-7(2)8(3)5-6;;;/h7-14H,1-6H3;1-5,7-8H,9H2;4,6H,1-3H3;2*1H;/q;2*-1;;;+2/p-2. The maximum Gasteiger partial charge on any atom is -0.0253 e. The third kappa shape index (κ3) is 10.3. The molecule has 0 radical (unpaired) electrons. The monoisotopic (exact) mass is 710 g/mol. The molecule has 2 aliphatic rings. The second-order valence-electron chi connectivity index (χ2n) is 13.8. The average Bonchev–Trinajstić information content (AvgIpc) is 3.49. The van der Waals surface area contributed by atoms with Crippen LogP contribution >= 0.6 is 0 Å². The Morgan fingerprint density at radius 2 is 1.18 bits per heavy atom. The third-order valence-electron chi connectivity index (χ3n) is 8.23. The van der Waals surface area contributed by atoms with Crippen LogP contribution in [0.4, 0.5) is 0 Å². The van der Waals surface area contributed by atoms with Crippen molar-refractivity contribution in [3.05, 3.63) is 154 Å². The summed E-state index contributed by atoms with van der Waals surface area (Å²) in [4.78, 5) is 0. The fraction of sp³-hybridized carbons (Fsp3) is 0.310. The van der Waals surface area contributed by atoms with Crippen LogP contribution in [0.15, 0.2) is 108 Å². The van der Waals surface area contributed by atoms with Crippen LogP contribution in [0.1, 0.15) is 95.7 Å². The van der Waals surface area contributed by atoms with Gasteiger partial charge in [0.15, 0.2) is 0 Å². The first-order valence-corrected chi connectivity index (χ1v) is 16.6. The molecule has 0 saturated heterocycles. The predicted molar refractivity (Wildman–Crippen MR) is 182 cm³/mol. The fourth-order valence-electron chi connectivity index (χ4n) is 5.44. The van der Waals surface area contributed by atoms with Gasteiger partial charge in [-0.05, 0) is 6.42 Å². The molecule has 0 saturated carbocycles. The quantitative estimate of drug-likeness (QED) is 0.231. The fourth-order valence-corrected chi connectivity index (χ4v) is 6.25. The Kier molecular flexibility index (Phi) is 14.3. The summed E-state index contributed by atoms with van der Waals surface area (Å²) in [6, 6.07) is 36.2. The van der Waals surface area contributed by atoms with Gasteiger partial charge < -0.3 is 24.8 Å². The maximum absolute atomic E-state index is 3.30. The van der Waals surface area contributed by atoms with Crippen molar-refractivity contribution in [2.45, 2.75) is 79.6 Å². The summed E-state index contributed by atoms with van der Waals surface area (Å²) >= 11 is 1.46. The van der Waals surface area contributed by atoms with Crippen molar-refractivity contribution in [2.24, 2.45) is 5.92 Å². The predicted octanol–water partition coefficient (Wildman–Crippen LogP) is 4.80. The van der Waals surface area contributed by atoms with Crippen molar-refractivity contribution in [2.75, 3.05) is 0 Å². The zero-order chi connectivity index (χ0) is 31.4. The zero-order valence-corrected chi connectivity index (χ0v) is 32.2. The second kappa shape index (κ2) is 16.5. The van der Waals surface area contributed by atoms with Gasteiger partial charge in [-0.1, -0.05) is 55.2 Å². The Hall–Kier alpha value is -2.31. The van der Waals surface area contributed by atoms with Crippen LogP contribution in [0.2, 0.25) is 0 Å². The molecular formula is C42H46Cl2Zr-2. The Morgan fingerprint density at radius 3 is 1.60 bits per heavy atom. The minimum Gasteiger partial charge on any atom is -1.00 e. The molecule has 2 aliphatic carbocycles.